The topological polar surface area (TPSA) is 54.0 Å². The van der Waals surface area contributed by atoms with Gasteiger partial charge in [0.05, 0.1) is 6.54 Å². The number of nitrogens with zero attached hydrogens (tertiary/aromatic N) is 1. The maximum Gasteiger partial charge on any atom is 0.234 e. The first kappa shape index (κ1) is 12.6. The molecule has 4 heteroatoms. The molecule has 4 nitrogen and oxygen atoms in total. The van der Waals surface area contributed by atoms with E-state index in [1.54, 1.807) is 6.20 Å². The van der Waals surface area contributed by atoms with E-state index in [4.69, 9.17) is 0 Å². The second kappa shape index (κ2) is 6.23. The SMILES string of the molecule is Cc1ccc(CNC(=O)CNC(C)C)cn1. The molecule has 88 valence electrons. The van der Waals surface area contributed by atoms with Crippen LogP contribution in [-0.4, -0.2) is 23.5 Å². The standard InChI is InChI=1S/C12H19N3O/c1-9(2)13-8-12(16)15-7-11-5-4-10(3)14-6-11/h4-6,9,13H,7-8H2,1-3H3,(H,15,16). The van der Waals surface area contributed by atoms with Crippen molar-refractivity contribution in [2.24, 2.45) is 0 Å². The summed E-state index contributed by atoms with van der Waals surface area (Å²) in [5.74, 6) is 0.00859. The number of aromatic nitrogens is 1. The van der Waals surface area contributed by atoms with E-state index in [0.717, 1.165) is 11.3 Å². The molecule has 0 aliphatic heterocycles. The van der Waals surface area contributed by atoms with Gasteiger partial charge in [-0.2, -0.15) is 0 Å². The minimum absolute atomic E-state index is 0.00859. The highest BCUT2D eigenvalue weighted by molar-refractivity contribution is 5.77. The van der Waals surface area contributed by atoms with Crippen molar-refractivity contribution >= 4 is 5.91 Å². The number of carbonyl (C=O) groups is 1. The number of rotatable bonds is 5. The average Bonchev–Trinajstić information content (AvgIpc) is 2.25. The molecular formula is C12H19N3O. The van der Waals surface area contributed by atoms with E-state index in [1.807, 2.05) is 32.9 Å². The Hall–Kier alpha value is -1.42. The van der Waals surface area contributed by atoms with Crippen molar-refractivity contribution in [3.8, 4) is 0 Å². The lowest BCUT2D eigenvalue weighted by Gasteiger charge is -2.08. The molecule has 1 rings (SSSR count). The van der Waals surface area contributed by atoms with E-state index in [2.05, 4.69) is 15.6 Å². The first-order valence-corrected chi connectivity index (χ1v) is 5.49. The second-order valence-corrected chi connectivity index (χ2v) is 4.12. The Kier molecular flexibility index (Phi) is 4.92. The number of nitrogens with one attached hydrogen (secondary N) is 2. The van der Waals surface area contributed by atoms with E-state index < -0.39 is 0 Å². The minimum atomic E-state index is 0.00859. The van der Waals surface area contributed by atoms with Gasteiger partial charge in [-0.05, 0) is 18.6 Å². The summed E-state index contributed by atoms with van der Waals surface area (Å²) in [5, 5.41) is 5.90. The Morgan fingerprint density at radius 3 is 2.75 bits per heavy atom. The molecule has 16 heavy (non-hydrogen) atoms. The largest absolute Gasteiger partial charge is 0.351 e. The second-order valence-electron chi connectivity index (χ2n) is 4.12. The maximum atomic E-state index is 11.4. The molecule has 1 heterocycles. The predicted octanol–water partition coefficient (Wildman–Crippen LogP) is 1.00. The highest BCUT2D eigenvalue weighted by Gasteiger charge is 2.01. The van der Waals surface area contributed by atoms with Crippen LogP contribution in [0.15, 0.2) is 18.3 Å². The average molecular weight is 221 g/mol. The van der Waals surface area contributed by atoms with Gasteiger partial charge in [0, 0.05) is 24.5 Å². The van der Waals surface area contributed by atoms with Crippen LogP contribution in [0.4, 0.5) is 0 Å². The molecule has 1 aromatic heterocycles. The van der Waals surface area contributed by atoms with Crippen LogP contribution < -0.4 is 10.6 Å². The fourth-order valence-corrected chi connectivity index (χ4v) is 1.16. The normalized spacial score (nSPS) is 10.5. The van der Waals surface area contributed by atoms with Crippen LogP contribution in [0.3, 0.4) is 0 Å². The lowest BCUT2D eigenvalue weighted by Crippen LogP contribution is -2.36. The zero-order valence-corrected chi connectivity index (χ0v) is 10.1. The van der Waals surface area contributed by atoms with Gasteiger partial charge in [-0.3, -0.25) is 9.78 Å². The first-order valence-electron chi connectivity index (χ1n) is 5.49. The van der Waals surface area contributed by atoms with Gasteiger partial charge in [-0.25, -0.2) is 0 Å². The molecule has 0 bridgehead atoms. The molecule has 1 amide bonds. The molecule has 0 saturated heterocycles. The van der Waals surface area contributed by atoms with Gasteiger partial charge in [0.1, 0.15) is 0 Å². The van der Waals surface area contributed by atoms with Crippen molar-refractivity contribution in [2.75, 3.05) is 6.54 Å². The lowest BCUT2D eigenvalue weighted by molar-refractivity contribution is -0.120. The number of hydrogen-bond donors (Lipinski definition) is 2. The van der Waals surface area contributed by atoms with Crippen molar-refractivity contribution in [1.82, 2.24) is 15.6 Å². The number of amides is 1. The molecule has 0 radical (unpaired) electrons. The minimum Gasteiger partial charge on any atom is -0.351 e. The van der Waals surface area contributed by atoms with Crippen molar-refractivity contribution in [2.45, 2.75) is 33.4 Å². The third kappa shape index (κ3) is 4.89. The molecule has 1 aromatic rings. The Labute approximate surface area is 96.5 Å². The highest BCUT2D eigenvalue weighted by atomic mass is 16.1. The van der Waals surface area contributed by atoms with Crippen LogP contribution in [0.2, 0.25) is 0 Å². The van der Waals surface area contributed by atoms with Gasteiger partial charge in [-0.15, -0.1) is 0 Å². The molecule has 0 aliphatic rings. The summed E-state index contributed by atoms with van der Waals surface area (Å²) in [6.07, 6.45) is 1.78. The van der Waals surface area contributed by atoms with E-state index in [9.17, 15) is 4.79 Å². The van der Waals surface area contributed by atoms with Gasteiger partial charge in [0.25, 0.3) is 0 Å². The van der Waals surface area contributed by atoms with Crippen LogP contribution >= 0.6 is 0 Å². The summed E-state index contributed by atoms with van der Waals surface area (Å²) in [4.78, 5) is 15.6. The van der Waals surface area contributed by atoms with E-state index >= 15 is 0 Å². The van der Waals surface area contributed by atoms with Crippen molar-refractivity contribution in [3.63, 3.8) is 0 Å². The zero-order valence-electron chi connectivity index (χ0n) is 10.1. The molecule has 0 atom stereocenters. The summed E-state index contributed by atoms with van der Waals surface area (Å²) < 4.78 is 0. The summed E-state index contributed by atoms with van der Waals surface area (Å²) in [5.41, 5.74) is 2.00. The Morgan fingerprint density at radius 1 is 1.44 bits per heavy atom. The fourth-order valence-electron chi connectivity index (χ4n) is 1.16. The maximum absolute atomic E-state index is 11.4. The Balaban J connectivity index is 2.29. The molecule has 0 saturated carbocycles. The molecule has 0 fully saturated rings. The quantitative estimate of drug-likeness (QED) is 0.780. The first-order chi connectivity index (χ1) is 7.58. The molecule has 0 unspecified atom stereocenters. The summed E-state index contributed by atoms with van der Waals surface area (Å²) in [7, 11) is 0. The smallest absolute Gasteiger partial charge is 0.234 e. The third-order valence-corrected chi connectivity index (χ3v) is 2.13. The van der Waals surface area contributed by atoms with Crippen LogP contribution in [0.1, 0.15) is 25.1 Å². The predicted molar refractivity (Wildman–Crippen MR) is 64.0 cm³/mol. The third-order valence-electron chi connectivity index (χ3n) is 2.13. The molecule has 0 aromatic carbocycles. The molecule has 0 spiro atoms. The van der Waals surface area contributed by atoms with Gasteiger partial charge >= 0.3 is 0 Å². The van der Waals surface area contributed by atoms with Crippen molar-refractivity contribution < 1.29 is 4.79 Å². The fraction of sp³-hybridized carbons (Fsp3) is 0.500. The lowest BCUT2D eigenvalue weighted by atomic mass is 10.2. The number of carbonyl (C=O) groups excluding carboxylic acids is 1. The van der Waals surface area contributed by atoms with Gasteiger partial charge in [0.2, 0.25) is 5.91 Å². The summed E-state index contributed by atoms with van der Waals surface area (Å²) >= 11 is 0. The van der Waals surface area contributed by atoms with E-state index in [-0.39, 0.29) is 5.91 Å². The number of aryl methyl sites for hydroxylation is 1. The number of hydrogen-bond acceptors (Lipinski definition) is 3. The van der Waals surface area contributed by atoms with Gasteiger partial charge in [-0.1, -0.05) is 19.9 Å². The summed E-state index contributed by atoms with van der Waals surface area (Å²) in [6, 6.07) is 4.23. The number of pyridine rings is 1. The van der Waals surface area contributed by atoms with Crippen LogP contribution in [0.25, 0.3) is 0 Å². The molecule has 2 N–H and O–H groups in total. The van der Waals surface area contributed by atoms with Crippen LogP contribution in [0, 0.1) is 6.92 Å². The Morgan fingerprint density at radius 2 is 2.19 bits per heavy atom. The monoisotopic (exact) mass is 221 g/mol. The highest BCUT2D eigenvalue weighted by Crippen LogP contribution is 1.98. The van der Waals surface area contributed by atoms with Crippen molar-refractivity contribution in [1.29, 1.82) is 0 Å². The van der Waals surface area contributed by atoms with E-state index in [0.29, 0.717) is 19.1 Å². The molecular weight excluding hydrogens is 202 g/mol. The zero-order chi connectivity index (χ0) is 12.0. The Bertz CT molecular complexity index is 333. The van der Waals surface area contributed by atoms with Gasteiger partial charge < -0.3 is 10.6 Å². The van der Waals surface area contributed by atoms with Crippen molar-refractivity contribution in [3.05, 3.63) is 29.6 Å². The van der Waals surface area contributed by atoms with Gasteiger partial charge in [0.15, 0.2) is 0 Å². The van der Waals surface area contributed by atoms with Crippen LogP contribution in [-0.2, 0) is 11.3 Å². The summed E-state index contributed by atoms with van der Waals surface area (Å²) in [6.45, 7) is 6.85. The van der Waals surface area contributed by atoms with E-state index in [1.165, 1.54) is 0 Å². The van der Waals surface area contributed by atoms with Crippen LogP contribution in [0.5, 0.6) is 0 Å². The molecule has 0 aliphatic carbocycles.